The Morgan fingerprint density at radius 2 is 2.18 bits per heavy atom. The molecule has 4 atom stereocenters. The Hall–Kier alpha value is -0.190. The number of nitrogens with one attached hydrogen (secondary N) is 1. The Morgan fingerprint density at radius 3 is 2.36 bits per heavy atom. The molecule has 0 spiro atoms. The Kier molecular flexibility index (Phi) is 2.18. The lowest BCUT2D eigenvalue weighted by molar-refractivity contribution is 0.00753. The van der Waals surface area contributed by atoms with Crippen LogP contribution in [-0.2, 0) is 0 Å². The number of aliphatic hydroxyl groups excluding tert-OH is 2. The monoisotopic (exact) mass is 163 g/mol. The number of hydrogen-bond donors (Lipinski definition) is 3. The minimum atomic E-state index is -1.63. The summed E-state index contributed by atoms with van der Waals surface area (Å²) in [5.41, 5.74) is -1.63. The first-order valence-corrected chi connectivity index (χ1v) is 3.74. The molecule has 0 bridgehead atoms. The van der Waals surface area contributed by atoms with Crippen LogP contribution in [0.2, 0.25) is 0 Å². The van der Waals surface area contributed by atoms with Crippen molar-refractivity contribution in [3.05, 3.63) is 0 Å². The normalized spacial score (nSPS) is 51.5. The van der Waals surface area contributed by atoms with E-state index in [1.807, 2.05) is 0 Å². The molecule has 3 nitrogen and oxygen atoms in total. The van der Waals surface area contributed by atoms with Crippen molar-refractivity contribution < 1.29 is 14.6 Å². The van der Waals surface area contributed by atoms with Gasteiger partial charge in [0.1, 0.15) is 11.8 Å². The molecule has 66 valence electrons. The van der Waals surface area contributed by atoms with Crippen LogP contribution in [0.5, 0.6) is 0 Å². The number of rotatable bonds is 1. The van der Waals surface area contributed by atoms with E-state index in [-0.39, 0.29) is 6.61 Å². The lowest BCUT2D eigenvalue weighted by Crippen LogP contribution is -2.40. The van der Waals surface area contributed by atoms with E-state index in [2.05, 4.69) is 5.32 Å². The van der Waals surface area contributed by atoms with Gasteiger partial charge in [-0.2, -0.15) is 0 Å². The maximum Gasteiger partial charge on any atom is 0.150 e. The molecule has 3 N–H and O–H groups in total. The maximum absolute atomic E-state index is 13.4. The van der Waals surface area contributed by atoms with Crippen LogP contribution < -0.4 is 5.32 Å². The van der Waals surface area contributed by atoms with E-state index in [0.717, 1.165) is 0 Å². The van der Waals surface area contributed by atoms with E-state index >= 15 is 0 Å². The molecular formula is C7H14FNO2. The molecule has 11 heavy (non-hydrogen) atoms. The molecule has 1 rings (SSSR count). The zero-order chi connectivity index (χ0) is 8.65. The first kappa shape index (κ1) is 8.90. The highest BCUT2D eigenvalue weighted by Gasteiger charge is 2.49. The van der Waals surface area contributed by atoms with Gasteiger partial charge in [0.2, 0.25) is 0 Å². The predicted molar refractivity (Wildman–Crippen MR) is 39.0 cm³/mol. The van der Waals surface area contributed by atoms with Gasteiger partial charge in [0.05, 0.1) is 12.6 Å². The second-order valence-electron chi connectivity index (χ2n) is 3.27. The van der Waals surface area contributed by atoms with E-state index in [4.69, 9.17) is 5.11 Å². The molecule has 0 radical (unpaired) electrons. The van der Waals surface area contributed by atoms with Gasteiger partial charge in [-0.3, -0.25) is 0 Å². The molecular weight excluding hydrogens is 149 g/mol. The van der Waals surface area contributed by atoms with Crippen LogP contribution in [0.4, 0.5) is 4.39 Å². The van der Waals surface area contributed by atoms with Crippen LogP contribution in [0.1, 0.15) is 13.8 Å². The number of alkyl halides is 1. The summed E-state index contributed by atoms with van der Waals surface area (Å²) in [4.78, 5) is 0. The molecule has 1 aliphatic rings. The Labute approximate surface area is 65.2 Å². The van der Waals surface area contributed by atoms with Gasteiger partial charge in [-0.1, -0.05) is 0 Å². The summed E-state index contributed by atoms with van der Waals surface area (Å²) in [6.07, 6.45) is -1.11. The van der Waals surface area contributed by atoms with Crippen LogP contribution in [-0.4, -0.2) is 40.7 Å². The van der Waals surface area contributed by atoms with E-state index in [1.54, 1.807) is 6.92 Å². The third-order valence-corrected chi connectivity index (χ3v) is 2.47. The Morgan fingerprint density at radius 1 is 1.64 bits per heavy atom. The minimum Gasteiger partial charge on any atom is -0.395 e. The van der Waals surface area contributed by atoms with Crippen molar-refractivity contribution >= 4 is 0 Å². The fourth-order valence-corrected chi connectivity index (χ4v) is 1.38. The summed E-state index contributed by atoms with van der Waals surface area (Å²) in [6.45, 7) is 2.76. The van der Waals surface area contributed by atoms with Crippen molar-refractivity contribution in [1.29, 1.82) is 0 Å². The SMILES string of the molecule is C[C@@H]1N[C@H](CO)C(O)[C@@]1(C)F. The van der Waals surface area contributed by atoms with E-state index in [0.29, 0.717) is 0 Å². The first-order valence-electron chi connectivity index (χ1n) is 3.74. The van der Waals surface area contributed by atoms with Crippen molar-refractivity contribution in [1.82, 2.24) is 5.32 Å². The number of halogens is 1. The molecule has 1 saturated heterocycles. The molecule has 4 heteroatoms. The molecule has 0 aromatic heterocycles. The standard InChI is InChI=1S/C7H14FNO2/c1-4-7(2,8)6(11)5(3-10)9-4/h4-6,9-11H,3H2,1-2H3/t4-,5+,6?,7-/m0/s1. The fraction of sp³-hybridized carbons (Fsp3) is 1.00. The number of hydrogen-bond acceptors (Lipinski definition) is 3. The summed E-state index contributed by atoms with van der Waals surface area (Å²) >= 11 is 0. The van der Waals surface area contributed by atoms with Gasteiger partial charge >= 0.3 is 0 Å². The topological polar surface area (TPSA) is 52.5 Å². The largest absolute Gasteiger partial charge is 0.395 e. The highest BCUT2D eigenvalue weighted by atomic mass is 19.1. The summed E-state index contributed by atoms with van der Waals surface area (Å²) in [5.74, 6) is 0. The predicted octanol–water partition coefficient (Wildman–Crippen LogP) is -0.572. The molecule has 1 unspecified atom stereocenters. The quantitative estimate of drug-likeness (QED) is 0.485. The third kappa shape index (κ3) is 1.26. The van der Waals surface area contributed by atoms with Gasteiger partial charge in [-0.05, 0) is 13.8 Å². The van der Waals surface area contributed by atoms with Crippen molar-refractivity contribution in [2.45, 2.75) is 37.7 Å². The summed E-state index contributed by atoms with van der Waals surface area (Å²) in [5, 5.41) is 20.8. The van der Waals surface area contributed by atoms with Crippen LogP contribution in [0, 0.1) is 0 Å². The smallest absolute Gasteiger partial charge is 0.150 e. The highest BCUT2D eigenvalue weighted by Crippen LogP contribution is 2.28. The Balaban J connectivity index is 2.71. The lowest BCUT2D eigenvalue weighted by Gasteiger charge is -2.22. The average Bonchev–Trinajstić information content (AvgIpc) is 2.14. The van der Waals surface area contributed by atoms with E-state index < -0.39 is 23.9 Å². The van der Waals surface area contributed by atoms with Gasteiger partial charge < -0.3 is 15.5 Å². The zero-order valence-electron chi connectivity index (χ0n) is 6.71. The zero-order valence-corrected chi connectivity index (χ0v) is 6.71. The van der Waals surface area contributed by atoms with Gasteiger partial charge in [-0.15, -0.1) is 0 Å². The molecule has 0 saturated carbocycles. The van der Waals surface area contributed by atoms with Gasteiger partial charge in [0.25, 0.3) is 0 Å². The van der Waals surface area contributed by atoms with Gasteiger partial charge in [0, 0.05) is 6.04 Å². The lowest BCUT2D eigenvalue weighted by atomic mass is 9.96. The van der Waals surface area contributed by atoms with Crippen LogP contribution in [0.15, 0.2) is 0 Å². The molecule has 1 aliphatic heterocycles. The van der Waals surface area contributed by atoms with Crippen LogP contribution in [0.3, 0.4) is 0 Å². The minimum absolute atomic E-state index is 0.231. The average molecular weight is 163 g/mol. The number of aliphatic hydroxyl groups is 2. The van der Waals surface area contributed by atoms with Crippen LogP contribution in [0.25, 0.3) is 0 Å². The third-order valence-electron chi connectivity index (χ3n) is 2.47. The molecule has 0 amide bonds. The molecule has 1 heterocycles. The second kappa shape index (κ2) is 2.69. The molecule has 0 aliphatic carbocycles. The van der Waals surface area contributed by atoms with Crippen LogP contribution >= 0.6 is 0 Å². The molecule has 1 fully saturated rings. The van der Waals surface area contributed by atoms with Crippen molar-refractivity contribution in [2.75, 3.05) is 6.61 Å². The van der Waals surface area contributed by atoms with Gasteiger partial charge in [0.15, 0.2) is 0 Å². The van der Waals surface area contributed by atoms with Crippen molar-refractivity contribution in [2.24, 2.45) is 0 Å². The highest BCUT2D eigenvalue weighted by molar-refractivity contribution is 5.05. The summed E-state index contributed by atoms with van der Waals surface area (Å²) in [6, 6.07) is -0.936. The molecule has 0 aromatic rings. The van der Waals surface area contributed by atoms with Gasteiger partial charge in [-0.25, -0.2) is 4.39 Å². The van der Waals surface area contributed by atoms with E-state index in [1.165, 1.54) is 6.92 Å². The van der Waals surface area contributed by atoms with Crippen molar-refractivity contribution in [3.8, 4) is 0 Å². The fourth-order valence-electron chi connectivity index (χ4n) is 1.38. The first-order chi connectivity index (χ1) is 5.00. The second-order valence-corrected chi connectivity index (χ2v) is 3.27. The molecule has 0 aromatic carbocycles. The summed E-state index contributed by atoms with van der Waals surface area (Å²) < 4.78 is 13.4. The maximum atomic E-state index is 13.4. The Bertz CT molecular complexity index is 151. The summed E-state index contributed by atoms with van der Waals surface area (Å²) in [7, 11) is 0. The van der Waals surface area contributed by atoms with E-state index in [9.17, 15) is 9.50 Å². The van der Waals surface area contributed by atoms with Crippen molar-refractivity contribution in [3.63, 3.8) is 0 Å².